The Hall–Kier alpha value is -3.27. The molecule has 1 amide bonds. The molecular weight excluding hydrogens is 428 g/mol. The fraction of sp³-hybridized carbons (Fsp3) is 0.217. The van der Waals surface area contributed by atoms with Crippen molar-refractivity contribution >= 4 is 27.4 Å². The number of morpholine rings is 1. The molecule has 1 N–H and O–H groups in total. The molecule has 3 heterocycles. The summed E-state index contributed by atoms with van der Waals surface area (Å²) in [5, 5.41) is 3.37. The molecule has 2 aromatic carbocycles. The topological polar surface area (TPSA) is 91.8 Å². The van der Waals surface area contributed by atoms with Crippen LogP contribution in [0.5, 0.6) is 0 Å². The van der Waals surface area contributed by atoms with Gasteiger partial charge >= 0.3 is 0 Å². The Balaban J connectivity index is 1.44. The van der Waals surface area contributed by atoms with Crippen LogP contribution < -0.4 is 10.2 Å². The Morgan fingerprint density at radius 1 is 0.938 bits per heavy atom. The summed E-state index contributed by atoms with van der Waals surface area (Å²) in [6, 6.07) is 19.5. The fourth-order valence-electron chi connectivity index (χ4n) is 4.01. The summed E-state index contributed by atoms with van der Waals surface area (Å²) >= 11 is 0. The number of nitrogens with zero attached hydrogens (tertiary/aromatic N) is 3. The van der Waals surface area contributed by atoms with Gasteiger partial charge in [-0.15, -0.1) is 0 Å². The molecule has 2 aliphatic rings. The third-order valence-corrected chi connectivity index (χ3v) is 7.54. The highest BCUT2D eigenvalue weighted by atomic mass is 32.2. The van der Waals surface area contributed by atoms with E-state index in [2.05, 4.69) is 10.3 Å². The molecule has 0 unspecified atom stereocenters. The molecule has 9 heteroatoms. The SMILES string of the molecule is O=C1c2ccccc2[C@@H](Nc2ccc(S(=O)(=O)N3CCOCC3)cc2)N1c1ccccn1. The first-order valence-corrected chi connectivity index (χ1v) is 11.8. The molecule has 1 aromatic heterocycles. The number of ether oxygens (including phenoxy) is 1. The van der Waals surface area contributed by atoms with Gasteiger partial charge in [0.2, 0.25) is 10.0 Å². The maximum Gasteiger partial charge on any atom is 0.261 e. The monoisotopic (exact) mass is 450 g/mol. The highest BCUT2D eigenvalue weighted by Gasteiger charge is 2.38. The van der Waals surface area contributed by atoms with E-state index in [1.807, 2.05) is 24.3 Å². The predicted molar refractivity (Wildman–Crippen MR) is 120 cm³/mol. The van der Waals surface area contributed by atoms with Crippen molar-refractivity contribution in [2.24, 2.45) is 0 Å². The highest BCUT2D eigenvalue weighted by molar-refractivity contribution is 7.89. The molecule has 0 spiro atoms. The number of rotatable bonds is 5. The molecule has 1 saturated heterocycles. The second-order valence-corrected chi connectivity index (χ2v) is 9.48. The minimum absolute atomic E-state index is 0.136. The summed E-state index contributed by atoms with van der Waals surface area (Å²) in [7, 11) is -3.57. The second-order valence-electron chi connectivity index (χ2n) is 7.54. The van der Waals surface area contributed by atoms with Gasteiger partial charge in [-0.1, -0.05) is 24.3 Å². The lowest BCUT2D eigenvalue weighted by Gasteiger charge is -2.27. The number of amides is 1. The van der Waals surface area contributed by atoms with Crippen molar-refractivity contribution in [3.63, 3.8) is 0 Å². The van der Waals surface area contributed by atoms with Crippen LogP contribution in [-0.2, 0) is 14.8 Å². The number of sulfonamides is 1. The molecule has 5 rings (SSSR count). The summed E-state index contributed by atoms with van der Waals surface area (Å²) in [6.45, 7) is 1.50. The Morgan fingerprint density at radius 2 is 1.66 bits per heavy atom. The van der Waals surface area contributed by atoms with Crippen LogP contribution in [0.15, 0.2) is 77.8 Å². The Morgan fingerprint density at radius 3 is 2.38 bits per heavy atom. The van der Waals surface area contributed by atoms with E-state index in [1.54, 1.807) is 53.6 Å². The Kier molecular flexibility index (Phi) is 5.38. The normalized spacial score (nSPS) is 19.1. The van der Waals surface area contributed by atoms with Gasteiger partial charge in [0.15, 0.2) is 0 Å². The minimum atomic E-state index is -3.57. The van der Waals surface area contributed by atoms with E-state index in [-0.39, 0.29) is 10.8 Å². The number of aromatic nitrogens is 1. The number of nitrogens with one attached hydrogen (secondary N) is 1. The number of pyridine rings is 1. The van der Waals surface area contributed by atoms with Crippen LogP contribution in [0.3, 0.4) is 0 Å². The van der Waals surface area contributed by atoms with E-state index in [1.165, 1.54) is 4.31 Å². The smallest absolute Gasteiger partial charge is 0.261 e. The largest absolute Gasteiger partial charge is 0.379 e. The Bertz CT molecular complexity index is 1230. The van der Waals surface area contributed by atoms with Crippen LogP contribution >= 0.6 is 0 Å². The Labute approximate surface area is 186 Å². The second kappa shape index (κ2) is 8.34. The predicted octanol–water partition coefficient (Wildman–Crippen LogP) is 2.87. The zero-order chi connectivity index (χ0) is 22.1. The van der Waals surface area contributed by atoms with Gasteiger partial charge in [-0.05, 0) is 42.5 Å². The molecule has 3 aromatic rings. The summed E-state index contributed by atoms with van der Waals surface area (Å²) < 4.78 is 32.4. The zero-order valence-corrected chi connectivity index (χ0v) is 18.0. The van der Waals surface area contributed by atoms with Crippen molar-refractivity contribution in [3.8, 4) is 0 Å². The van der Waals surface area contributed by atoms with Crippen molar-refractivity contribution in [1.29, 1.82) is 0 Å². The quantitative estimate of drug-likeness (QED) is 0.643. The average Bonchev–Trinajstić information content (AvgIpc) is 3.12. The number of benzene rings is 2. The van der Waals surface area contributed by atoms with Gasteiger partial charge in [-0.2, -0.15) is 4.31 Å². The lowest BCUT2D eigenvalue weighted by atomic mass is 10.1. The van der Waals surface area contributed by atoms with Gasteiger partial charge in [0.25, 0.3) is 5.91 Å². The molecule has 0 saturated carbocycles. The van der Waals surface area contributed by atoms with E-state index >= 15 is 0 Å². The van der Waals surface area contributed by atoms with E-state index in [0.29, 0.717) is 43.4 Å². The molecule has 0 aliphatic carbocycles. The lowest BCUT2D eigenvalue weighted by molar-refractivity contribution is 0.0730. The average molecular weight is 451 g/mol. The van der Waals surface area contributed by atoms with Gasteiger partial charge in [-0.25, -0.2) is 13.4 Å². The standard InChI is InChI=1S/C23H22N4O4S/c28-23-20-6-2-1-5-19(20)22(27(23)21-7-3-4-12-24-21)25-17-8-10-18(11-9-17)32(29,30)26-13-15-31-16-14-26/h1-12,22,25H,13-16H2/t22-/m0/s1. The van der Waals surface area contributed by atoms with Gasteiger partial charge in [0.05, 0.1) is 18.1 Å². The molecule has 0 bridgehead atoms. The molecule has 1 fully saturated rings. The molecule has 1 atom stereocenters. The van der Waals surface area contributed by atoms with Crippen molar-refractivity contribution in [1.82, 2.24) is 9.29 Å². The van der Waals surface area contributed by atoms with Crippen LogP contribution in [0.1, 0.15) is 22.1 Å². The van der Waals surface area contributed by atoms with Crippen molar-refractivity contribution in [2.45, 2.75) is 11.1 Å². The lowest BCUT2D eigenvalue weighted by Crippen LogP contribution is -2.40. The number of hydrogen-bond acceptors (Lipinski definition) is 6. The summed E-state index contributed by atoms with van der Waals surface area (Å²) in [6.07, 6.45) is 1.18. The number of carbonyl (C=O) groups excluding carboxylic acids is 1. The number of anilines is 2. The first-order chi connectivity index (χ1) is 15.6. The zero-order valence-electron chi connectivity index (χ0n) is 17.2. The first kappa shape index (κ1) is 20.6. The van der Waals surface area contributed by atoms with Crippen LogP contribution in [0, 0.1) is 0 Å². The minimum Gasteiger partial charge on any atom is -0.379 e. The van der Waals surface area contributed by atoms with Crippen LogP contribution in [0.4, 0.5) is 11.5 Å². The van der Waals surface area contributed by atoms with E-state index in [0.717, 1.165) is 5.56 Å². The fourth-order valence-corrected chi connectivity index (χ4v) is 5.42. The molecule has 2 aliphatic heterocycles. The van der Waals surface area contributed by atoms with Crippen LogP contribution in [0.2, 0.25) is 0 Å². The van der Waals surface area contributed by atoms with Crippen LogP contribution in [-0.4, -0.2) is 49.9 Å². The molecule has 8 nitrogen and oxygen atoms in total. The van der Waals surface area contributed by atoms with E-state index < -0.39 is 16.2 Å². The molecule has 0 radical (unpaired) electrons. The van der Waals surface area contributed by atoms with Crippen molar-refractivity contribution in [2.75, 3.05) is 36.5 Å². The molecule has 32 heavy (non-hydrogen) atoms. The third kappa shape index (κ3) is 3.64. The summed E-state index contributed by atoms with van der Waals surface area (Å²) in [5.41, 5.74) is 2.15. The van der Waals surface area contributed by atoms with Gasteiger partial charge in [0.1, 0.15) is 12.0 Å². The van der Waals surface area contributed by atoms with Gasteiger partial charge < -0.3 is 10.1 Å². The third-order valence-electron chi connectivity index (χ3n) is 5.62. The van der Waals surface area contributed by atoms with E-state index in [4.69, 9.17) is 4.74 Å². The number of hydrogen-bond donors (Lipinski definition) is 1. The van der Waals surface area contributed by atoms with Crippen molar-refractivity contribution in [3.05, 3.63) is 84.1 Å². The van der Waals surface area contributed by atoms with E-state index in [9.17, 15) is 13.2 Å². The summed E-state index contributed by atoms with van der Waals surface area (Å²) in [4.78, 5) is 19.3. The molecule has 164 valence electrons. The van der Waals surface area contributed by atoms with Crippen LogP contribution in [0.25, 0.3) is 0 Å². The summed E-state index contributed by atoms with van der Waals surface area (Å²) in [5.74, 6) is 0.404. The number of fused-ring (bicyclic) bond motifs is 1. The first-order valence-electron chi connectivity index (χ1n) is 10.3. The van der Waals surface area contributed by atoms with Crippen molar-refractivity contribution < 1.29 is 17.9 Å². The molecular formula is C23H22N4O4S. The van der Waals surface area contributed by atoms with Gasteiger partial charge in [0, 0.05) is 36.1 Å². The number of carbonyl (C=O) groups is 1. The highest BCUT2D eigenvalue weighted by Crippen LogP contribution is 2.37. The van der Waals surface area contributed by atoms with Gasteiger partial charge in [-0.3, -0.25) is 9.69 Å². The maximum absolute atomic E-state index is 13.1. The maximum atomic E-state index is 13.1.